The van der Waals surface area contributed by atoms with E-state index in [-0.39, 0.29) is 48.9 Å². The molecule has 0 saturated carbocycles. The number of aromatic nitrogens is 8. The summed E-state index contributed by atoms with van der Waals surface area (Å²) in [5, 5.41) is 22.1. The van der Waals surface area contributed by atoms with Gasteiger partial charge in [0.2, 0.25) is 5.95 Å². The molecule has 0 amide bonds. The number of phosphoric acid groups is 2. The highest BCUT2D eigenvalue weighted by atomic mass is 31.2. The van der Waals surface area contributed by atoms with Crippen molar-refractivity contribution in [1.82, 2.24) is 39.0 Å². The lowest BCUT2D eigenvalue weighted by atomic mass is 10.1. The van der Waals surface area contributed by atoms with Gasteiger partial charge in [-0.25, -0.2) is 24.5 Å². The van der Waals surface area contributed by atoms with Gasteiger partial charge in [0.25, 0.3) is 13.4 Å². The van der Waals surface area contributed by atoms with Gasteiger partial charge in [0.1, 0.15) is 48.5 Å². The number of ether oxygens (including phenoxy) is 2. The summed E-state index contributed by atoms with van der Waals surface area (Å²) < 4.78 is 60.6. The Balaban J connectivity index is 0.00000217. The molecule has 4 aromatic heterocycles. The number of aromatic amines is 1. The second kappa shape index (κ2) is 12.5. The second-order valence-corrected chi connectivity index (χ2v) is 12.9. The zero-order chi connectivity index (χ0) is 31.8. The number of rotatable bonds is 2. The number of H-pyrrole nitrogens is 1. The predicted molar refractivity (Wildman–Crippen MR) is 155 cm³/mol. The Hall–Kier alpha value is -3.44. The topological polar surface area (TPSA) is 332 Å². The maximum Gasteiger partial charge on any atom is 0.472 e. The first kappa shape index (κ1) is 34.9. The van der Waals surface area contributed by atoms with E-state index in [4.69, 9.17) is 39.0 Å². The van der Waals surface area contributed by atoms with E-state index in [2.05, 4.69) is 29.9 Å². The van der Waals surface area contributed by atoms with Gasteiger partial charge in [0.05, 0.1) is 25.9 Å². The molecule has 2 bridgehead atoms. The van der Waals surface area contributed by atoms with Crippen LogP contribution in [0.3, 0.4) is 0 Å². The number of nitrogens with one attached hydrogen (secondary N) is 1. The largest absolute Gasteiger partial charge is 0.756 e. The van der Waals surface area contributed by atoms with Gasteiger partial charge in [-0.1, -0.05) is 14.9 Å². The molecule has 4 aromatic rings. The van der Waals surface area contributed by atoms with Crippen LogP contribution in [0.15, 0.2) is 23.8 Å². The summed E-state index contributed by atoms with van der Waals surface area (Å²) in [5.74, 6) is -0.270. The molecule has 258 valence electrons. The van der Waals surface area contributed by atoms with Crippen LogP contribution in [0.25, 0.3) is 22.3 Å². The number of nitrogens with two attached hydrogens (primary N) is 2. The maximum atomic E-state index is 13.1. The van der Waals surface area contributed by atoms with Crippen molar-refractivity contribution in [2.24, 2.45) is 0 Å². The monoisotopic (exact) mass is 705 g/mol. The number of anilines is 2. The van der Waals surface area contributed by atoms with E-state index in [1.54, 1.807) is 0 Å². The Bertz CT molecular complexity index is 1940. The number of fused-ring (bicyclic) bond motifs is 5. The molecule has 7 heterocycles. The van der Waals surface area contributed by atoms with Gasteiger partial charge in [-0.2, -0.15) is 4.98 Å². The minimum absolute atomic E-state index is 0. The van der Waals surface area contributed by atoms with Crippen molar-refractivity contribution >= 4 is 49.7 Å². The molecule has 0 aliphatic carbocycles. The summed E-state index contributed by atoms with van der Waals surface area (Å²) >= 11 is 0. The summed E-state index contributed by atoms with van der Waals surface area (Å²) in [5.41, 5.74) is 10.7. The van der Waals surface area contributed by atoms with Crippen molar-refractivity contribution < 1.29 is 56.7 Å². The highest BCUT2D eigenvalue weighted by Gasteiger charge is 2.52. The molecular formula is C22H31N10O13P2-. The molecule has 4 unspecified atom stereocenters. The molecule has 10 atom stereocenters. The predicted octanol–water partition coefficient (Wildman–Crippen LogP) is -1.70. The molecule has 23 nitrogen and oxygen atoms in total. The lowest BCUT2D eigenvalue weighted by molar-refractivity contribution is -0.237. The molecule has 3 aliphatic rings. The van der Waals surface area contributed by atoms with Crippen LogP contribution in [-0.4, -0.2) is 104 Å². The third-order valence-corrected chi connectivity index (χ3v) is 9.26. The SMILES string of the molecule is C.C.Nc1nc2c(ncn2[C@@H]2O[C@@H]3COP(=O)(O)O[C@@H]4C(O)[C@H](n5cnc6c(N)ncnc65)O[C@@H]4COP(=O)([O-])O[C@H]2C3O)c(=O)[nH]1. The maximum absolute atomic E-state index is 13.1. The average Bonchev–Trinajstić information content (AvgIpc) is 3.72. The molecule has 0 spiro atoms. The van der Waals surface area contributed by atoms with Crippen LogP contribution in [-0.2, 0) is 36.7 Å². The number of hydrogen-bond donors (Lipinski definition) is 6. The van der Waals surface area contributed by atoms with Gasteiger partial charge in [0.15, 0.2) is 35.1 Å². The van der Waals surface area contributed by atoms with Crippen molar-refractivity contribution in [2.75, 3.05) is 24.7 Å². The highest BCUT2D eigenvalue weighted by Crippen LogP contribution is 2.52. The van der Waals surface area contributed by atoms with Gasteiger partial charge >= 0.3 is 7.82 Å². The van der Waals surface area contributed by atoms with E-state index in [0.29, 0.717) is 0 Å². The van der Waals surface area contributed by atoms with Gasteiger partial charge in [0, 0.05) is 0 Å². The fourth-order valence-electron chi connectivity index (χ4n) is 5.29. The molecule has 3 fully saturated rings. The molecular weight excluding hydrogens is 674 g/mol. The van der Waals surface area contributed by atoms with Gasteiger partial charge in [-0.3, -0.25) is 32.5 Å². The van der Waals surface area contributed by atoms with E-state index in [1.165, 1.54) is 10.9 Å². The third-order valence-electron chi connectivity index (χ3n) is 7.31. The fraction of sp³-hybridized carbons (Fsp3) is 0.545. The van der Waals surface area contributed by atoms with Crippen molar-refractivity contribution in [3.05, 3.63) is 29.3 Å². The second-order valence-electron chi connectivity index (χ2n) is 10.1. The van der Waals surface area contributed by atoms with Crippen molar-refractivity contribution in [1.29, 1.82) is 0 Å². The minimum atomic E-state index is -5.36. The van der Waals surface area contributed by atoms with Crippen LogP contribution < -0.4 is 21.9 Å². The lowest BCUT2D eigenvalue weighted by Gasteiger charge is -2.31. The van der Waals surface area contributed by atoms with Crippen molar-refractivity contribution in [3.63, 3.8) is 0 Å². The van der Waals surface area contributed by atoms with Gasteiger partial charge < -0.3 is 50.0 Å². The summed E-state index contributed by atoms with van der Waals surface area (Å²) in [6.07, 6.45) is -9.53. The van der Waals surface area contributed by atoms with E-state index in [0.717, 1.165) is 17.2 Å². The third kappa shape index (κ3) is 6.17. The quantitative estimate of drug-likeness (QED) is 0.127. The Morgan fingerprint density at radius 1 is 0.872 bits per heavy atom. The minimum Gasteiger partial charge on any atom is -0.756 e. The van der Waals surface area contributed by atoms with Crippen molar-refractivity contribution in [3.8, 4) is 0 Å². The molecule has 3 saturated heterocycles. The zero-order valence-electron chi connectivity index (χ0n) is 22.4. The molecule has 8 N–H and O–H groups in total. The Morgan fingerprint density at radius 2 is 1.53 bits per heavy atom. The highest BCUT2D eigenvalue weighted by molar-refractivity contribution is 7.47. The Morgan fingerprint density at radius 3 is 2.28 bits per heavy atom. The number of aliphatic hydroxyl groups excluding tert-OH is 2. The van der Waals surface area contributed by atoms with E-state index < -0.39 is 83.5 Å². The van der Waals surface area contributed by atoms with Gasteiger partial charge in [-0.05, 0) is 0 Å². The van der Waals surface area contributed by atoms with Crippen LogP contribution in [0.1, 0.15) is 27.3 Å². The summed E-state index contributed by atoms with van der Waals surface area (Å²) in [6.45, 7) is -1.74. The van der Waals surface area contributed by atoms with Gasteiger partial charge in [-0.15, -0.1) is 0 Å². The molecule has 0 aromatic carbocycles. The van der Waals surface area contributed by atoms with Crippen LogP contribution in [0.4, 0.5) is 11.8 Å². The smallest absolute Gasteiger partial charge is 0.472 e. The molecule has 47 heavy (non-hydrogen) atoms. The number of hydrogen-bond acceptors (Lipinski definition) is 19. The summed E-state index contributed by atoms with van der Waals surface area (Å²) in [7, 11) is -10.4. The first-order valence-electron chi connectivity index (χ1n) is 12.9. The number of nitrogens with zero attached hydrogens (tertiary/aromatic N) is 7. The van der Waals surface area contributed by atoms with E-state index in [1.807, 2.05) is 0 Å². The normalized spacial score (nSPS) is 36.1. The Kier molecular flexibility index (Phi) is 9.31. The zero-order valence-corrected chi connectivity index (χ0v) is 24.2. The number of phosphoric ester groups is 2. The van der Waals surface area contributed by atoms with E-state index >= 15 is 0 Å². The number of imidazole rings is 2. The van der Waals surface area contributed by atoms with Crippen molar-refractivity contribution in [2.45, 2.75) is 63.9 Å². The molecule has 3 aliphatic heterocycles. The Labute approximate surface area is 263 Å². The standard InChI is InChI=1S/C20H24N10O13P2.2CH4/c21-14-8-15(24-3-23-14)29(4-25-8)18-11(32)12-7(41-18)2-39-45(36,37)43-13-10(31)6(1-38-44(34,35)42-12)40-19(13)30-5-26-9-16(30)27-20(22)28-17(9)33;;/h3-7,10-13,18-19,31-32H,1-2H2,(H,34,35)(H,36,37)(H2,21,23,24)(H3,22,27,28,33);2*1H4/p-1/t6-,7-,10?,11?,12+,13+,18-,19-;;/m1../s1. The summed E-state index contributed by atoms with van der Waals surface area (Å²) in [6, 6.07) is 0. The molecule has 0 radical (unpaired) electrons. The van der Waals surface area contributed by atoms with Crippen LogP contribution in [0.5, 0.6) is 0 Å². The first-order chi connectivity index (χ1) is 21.3. The lowest BCUT2D eigenvalue weighted by Crippen LogP contribution is -2.37. The molecule has 7 rings (SSSR count). The number of aliphatic hydroxyl groups is 2. The fourth-order valence-corrected chi connectivity index (χ4v) is 7.17. The first-order valence-corrected chi connectivity index (χ1v) is 15.9. The van der Waals surface area contributed by atoms with Crippen LogP contribution >= 0.6 is 15.6 Å². The average molecular weight is 705 g/mol. The summed E-state index contributed by atoms with van der Waals surface area (Å²) in [4.78, 5) is 58.1. The van der Waals surface area contributed by atoms with Crippen LogP contribution in [0.2, 0.25) is 0 Å². The van der Waals surface area contributed by atoms with E-state index in [9.17, 15) is 33.9 Å². The number of nitrogen functional groups attached to an aromatic ring is 2. The van der Waals surface area contributed by atoms with Crippen LogP contribution in [0, 0.1) is 0 Å². The molecule has 25 heteroatoms.